The van der Waals surface area contributed by atoms with Crippen molar-refractivity contribution in [2.24, 2.45) is 5.41 Å². The number of alkyl halides is 3. The van der Waals surface area contributed by atoms with E-state index >= 15 is 0 Å². The fourth-order valence-electron chi connectivity index (χ4n) is 1.61. The molecule has 1 N–H and O–H groups in total. The SMILES string of the molecule is CC1(CNc2cc(Br)ccc2C(F)(F)F)CC1. The molecule has 0 atom stereocenters. The number of benzene rings is 1. The Balaban J connectivity index is 2.20. The summed E-state index contributed by atoms with van der Waals surface area (Å²) in [5, 5.41) is 2.91. The fourth-order valence-corrected chi connectivity index (χ4v) is 1.97. The van der Waals surface area contributed by atoms with Crippen molar-refractivity contribution in [3.05, 3.63) is 28.2 Å². The monoisotopic (exact) mass is 307 g/mol. The molecule has 0 radical (unpaired) electrons. The van der Waals surface area contributed by atoms with Gasteiger partial charge in [-0.2, -0.15) is 13.2 Å². The Morgan fingerprint density at radius 3 is 2.53 bits per heavy atom. The second-order valence-corrected chi connectivity index (χ2v) is 5.77. The zero-order valence-corrected chi connectivity index (χ0v) is 11.0. The van der Waals surface area contributed by atoms with Crippen LogP contribution < -0.4 is 5.32 Å². The first-order valence-electron chi connectivity index (χ1n) is 5.41. The molecular weight excluding hydrogens is 295 g/mol. The molecule has 1 saturated carbocycles. The van der Waals surface area contributed by atoms with Crippen LogP contribution in [0.3, 0.4) is 0 Å². The minimum Gasteiger partial charge on any atom is -0.384 e. The first-order chi connectivity index (χ1) is 7.80. The van der Waals surface area contributed by atoms with Gasteiger partial charge in [-0.3, -0.25) is 0 Å². The van der Waals surface area contributed by atoms with Gasteiger partial charge in [-0.1, -0.05) is 22.9 Å². The third-order valence-electron chi connectivity index (χ3n) is 3.10. The minimum atomic E-state index is -4.31. The number of hydrogen-bond donors (Lipinski definition) is 1. The van der Waals surface area contributed by atoms with Gasteiger partial charge in [-0.05, 0) is 36.5 Å². The van der Waals surface area contributed by atoms with Crippen molar-refractivity contribution >= 4 is 21.6 Å². The second-order valence-electron chi connectivity index (χ2n) is 4.85. The average molecular weight is 308 g/mol. The molecule has 2 rings (SSSR count). The van der Waals surface area contributed by atoms with Crippen LogP contribution in [0, 0.1) is 5.41 Å². The quantitative estimate of drug-likeness (QED) is 0.855. The molecule has 1 fully saturated rings. The molecule has 1 aromatic carbocycles. The molecule has 1 nitrogen and oxygen atoms in total. The Hall–Kier alpha value is -0.710. The largest absolute Gasteiger partial charge is 0.418 e. The Bertz CT molecular complexity index is 424. The first-order valence-corrected chi connectivity index (χ1v) is 6.20. The van der Waals surface area contributed by atoms with Crippen LogP contribution in [0.1, 0.15) is 25.3 Å². The van der Waals surface area contributed by atoms with Crippen LogP contribution in [0.2, 0.25) is 0 Å². The van der Waals surface area contributed by atoms with E-state index in [9.17, 15) is 13.2 Å². The van der Waals surface area contributed by atoms with E-state index in [1.807, 2.05) is 0 Å². The maximum Gasteiger partial charge on any atom is 0.418 e. The van der Waals surface area contributed by atoms with Crippen molar-refractivity contribution < 1.29 is 13.2 Å². The van der Waals surface area contributed by atoms with E-state index in [1.54, 1.807) is 0 Å². The van der Waals surface area contributed by atoms with Gasteiger partial charge in [0.05, 0.1) is 5.56 Å². The lowest BCUT2D eigenvalue weighted by atomic mass is 10.1. The molecule has 0 heterocycles. The second kappa shape index (κ2) is 4.19. The van der Waals surface area contributed by atoms with Crippen molar-refractivity contribution in [1.29, 1.82) is 0 Å². The summed E-state index contributed by atoms with van der Waals surface area (Å²) >= 11 is 3.19. The summed E-state index contributed by atoms with van der Waals surface area (Å²) in [5.41, 5.74) is -0.282. The third kappa shape index (κ3) is 3.15. The van der Waals surface area contributed by atoms with E-state index in [1.165, 1.54) is 12.1 Å². The van der Waals surface area contributed by atoms with Gasteiger partial charge >= 0.3 is 6.18 Å². The van der Waals surface area contributed by atoms with Gasteiger partial charge in [-0.25, -0.2) is 0 Å². The number of nitrogens with one attached hydrogen (secondary N) is 1. The number of rotatable bonds is 3. The van der Waals surface area contributed by atoms with Gasteiger partial charge in [0, 0.05) is 16.7 Å². The highest BCUT2D eigenvalue weighted by molar-refractivity contribution is 9.10. The van der Waals surface area contributed by atoms with E-state index in [4.69, 9.17) is 0 Å². The van der Waals surface area contributed by atoms with E-state index in [-0.39, 0.29) is 11.1 Å². The van der Waals surface area contributed by atoms with E-state index in [2.05, 4.69) is 28.2 Å². The van der Waals surface area contributed by atoms with Crippen LogP contribution in [-0.4, -0.2) is 6.54 Å². The molecule has 0 bridgehead atoms. The van der Waals surface area contributed by atoms with Crippen LogP contribution in [0.25, 0.3) is 0 Å². The van der Waals surface area contributed by atoms with Crippen molar-refractivity contribution in [2.45, 2.75) is 25.9 Å². The Labute approximate surface area is 107 Å². The van der Waals surface area contributed by atoms with Crippen LogP contribution in [0.4, 0.5) is 18.9 Å². The predicted molar refractivity (Wildman–Crippen MR) is 65.0 cm³/mol. The topological polar surface area (TPSA) is 12.0 Å². The summed E-state index contributed by atoms with van der Waals surface area (Å²) in [6.07, 6.45) is -2.15. The Kier molecular flexibility index (Phi) is 3.14. The number of anilines is 1. The highest BCUT2D eigenvalue weighted by Crippen LogP contribution is 2.45. The molecule has 0 amide bonds. The summed E-state index contributed by atoms with van der Waals surface area (Å²) in [5.74, 6) is 0. The predicted octanol–water partition coefficient (Wildman–Crippen LogP) is 4.68. The van der Waals surface area contributed by atoms with Crippen LogP contribution in [0.15, 0.2) is 22.7 Å². The molecule has 0 spiro atoms. The van der Waals surface area contributed by atoms with E-state index in [0.717, 1.165) is 18.9 Å². The maximum absolute atomic E-state index is 12.8. The smallest absolute Gasteiger partial charge is 0.384 e. The summed E-state index contributed by atoms with van der Waals surface area (Å²) < 4.78 is 38.9. The van der Waals surface area contributed by atoms with Crippen molar-refractivity contribution in [3.63, 3.8) is 0 Å². The van der Waals surface area contributed by atoms with Gasteiger partial charge in [0.1, 0.15) is 0 Å². The lowest BCUT2D eigenvalue weighted by Crippen LogP contribution is -2.16. The zero-order valence-electron chi connectivity index (χ0n) is 9.37. The number of halogens is 4. The summed E-state index contributed by atoms with van der Waals surface area (Å²) in [6.45, 7) is 2.66. The normalized spacial score (nSPS) is 17.9. The molecule has 1 aliphatic rings. The molecule has 0 aliphatic heterocycles. The lowest BCUT2D eigenvalue weighted by molar-refractivity contribution is -0.137. The Morgan fingerprint density at radius 2 is 2.00 bits per heavy atom. The van der Waals surface area contributed by atoms with Crippen LogP contribution >= 0.6 is 15.9 Å². The summed E-state index contributed by atoms with van der Waals surface area (Å²) in [7, 11) is 0. The highest BCUT2D eigenvalue weighted by atomic mass is 79.9. The van der Waals surface area contributed by atoms with Gasteiger partial charge < -0.3 is 5.32 Å². The van der Waals surface area contributed by atoms with Gasteiger partial charge in [0.15, 0.2) is 0 Å². The minimum absolute atomic E-state index is 0.153. The first kappa shape index (κ1) is 12.7. The highest BCUT2D eigenvalue weighted by Gasteiger charge is 2.38. The molecule has 0 aromatic heterocycles. The maximum atomic E-state index is 12.8. The molecular formula is C12H13BrF3N. The lowest BCUT2D eigenvalue weighted by Gasteiger charge is -2.17. The zero-order chi connectivity index (χ0) is 12.7. The Morgan fingerprint density at radius 1 is 1.35 bits per heavy atom. The molecule has 1 aliphatic carbocycles. The van der Waals surface area contributed by atoms with Crippen LogP contribution in [-0.2, 0) is 6.18 Å². The van der Waals surface area contributed by atoms with Crippen molar-refractivity contribution in [3.8, 4) is 0 Å². The number of hydrogen-bond acceptors (Lipinski definition) is 1. The third-order valence-corrected chi connectivity index (χ3v) is 3.59. The average Bonchev–Trinajstić information content (AvgIpc) is 2.93. The van der Waals surface area contributed by atoms with Gasteiger partial charge in [-0.15, -0.1) is 0 Å². The summed E-state index contributed by atoms with van der Waals surface area (Å²) in [4.78, 5) is 0. The summed E-state index contributed by atoms with van der Waals surface area (Å²) in [6, 6.07) is 3.99. The van der Waals surface area contributed by atoms with Crippen molar-refractivity contribution in [2.75, 3.05) is 11.9 Å². The molecule has 0 saturated heterocycles. The molecule has 17 heavy (non-hydrogen) atoms. The molecule has 5 heteroatoms. The fraction of sp³-hybridized carbons (Fsp3) is 0.500. The standard InChI is InChI=1S/C12H13BrF3N/c1-11(4-5-11)7-17-10-6-8(13)2-3-9(10)12(14,15)16/h2-3,6,17H,4-5,7H2,1H3. The van der Waals surface area contributed by atoms with E-state index < -0.39 is 11.7 Å². The van der Waals surface area contributed by atoms with Gasteiger partial charge in [0.2, 0.25) is 0 Å². The van der Waals surface area contributed by atoms with Crippen molar-refractivity contribution in [1.82, 2.24) is 0 Å². The van der Waals surface area contributed by atoms with E-state index in [0.29, 0.717) is 11.0 Å². The van der Waals surface area contributed by atoms with Gasteiger partial charge in [0.25, 0.3) is 0 Å². The molecule has 1 aromatic rings. The van der Waals surface area contributed by atoms with Crippen LogP contribution in [0.5, 0.6) is 0 Å². The molecule has 0 unspecified atom stereocenters. The molecule has 94 valence electrons.